The molecule has 0 fully saturated rings. The van der Waals surface area contributed by atoms with Crippen molar-refractivity contribution >= 4 is 44.9 Å². The van der Waals surface area contributed by atoms with E-state index in [0.717, 1.165) is 11.4 Å². The van der Waals surface area contributed by atoms with E-state index in [9.17, 15) is 0 Å². The highest BCUT2D eigenvalue weighted by atomic mass is 15.2. The molecule has 2 heteroatoms. The van der Waals surface area contributed by atoms with Crippen LogP contribution in [0.25, 0.3) is 21.9 Å². The van der Waals surface area contributed by atoms with Crippen LogP contribution in [-0.2, 0) is 5.41 Å². The summed E-state index contributed by atoms with van der Waals surface area (Å²) in [5.74, 6) is 0. The number of nitrogens with zero attached hydrogens (tertiary/aromatic N) is 2. The van der Waals surface area contributed by atoms with Crippen LogP contribution in [0.1, 0.15) is 25.0 Å². The lowest BCUT2D eigenvalue weighted by molar-refractivity contribution is 0.632. The summed E-state index contributed by atoms with van der Waals surface area (Å²) >= 11 is 0. The van der Waals surface area contributed by atoms with Crippen LogP contribution in [0.4, 0.5) is 34.1 Å². The van der Waals surface area contributed by atoms with Crippen molar-refractivity contribution in [2.75, 3.05) is 9.80 Å². The van der Waals surface area contributed by atoms with Gasteiger partial charge in [-0.3, -0.25) is 0 Å². The second-order valence-corrected chi connectivity index (χ2v) is 12.3. The first kappa shape index (κ1) is 27.0. The van der Waals surface area contributed by atoms with Crippen molar-refractivity contribution in [3.8, 4) is 11.1 Å². The predicted octanol–water partition coefficient (Wildman–Crippen LogP) is 12.1. The Morgan fingerprint density at radius 3 is 1.87 bits per heavy atom. The molecule has 0 spiro atoms. The molecular weight excluding hydrogens is 544 g/mol. The quantitative estimate of drug-likeness (QED) is 0.200. The molecule has 0 amide bonds. The van der Waals surface area contributed by atoms with Gasteiger partial charge in [-0.15, -0.1) is 0 Å². The largest absolute Gasteiger partial charge is 0.310 e. The third-order valence-corrected chi connectivity index (χ3v) is 9.23. The highest BCUT2D eigenvalue weighted by Gasteiger charge is 2.36. The monoisotopic (exact) mass is 578 g/mol. The normalized spacial score (nSPS) is 13.2. The highest BCUT2D eigenvalue weighted by Crippen LogP contribution is 2.52. The maximum absolute atomic E-state index is 2.42. The minimum Gasteiger partial charge on any atom is -0.310 e. The fourth-order valence-corrected chi connectivity index (χ4v) is 6.96. The summed E-state index contributed by atoms with van der Waals surface area (Å²) in [7, 11) is 0. The van der Waals surface area contributed by atoms with Crippen LogP contribution in [0.5, 0.6) is 0 Å². The average molecular weight is 579 g/mol. The van der Waals surface area contributed by atoms with Gasteiger partial charge in [0.05, 0.1) is 17.1 Å². The Morgan fingerprint density at radius 2 is 1.07 bits per heavy atom. The molecule has 45 heavy (non-hydrogen) atoms. The van der Waals surface area contributed by atoms with Crippen molar-refractivity contribution in [2.45, 2.75) is 19.3 Å². The number of anilines is 6. The van der Waals surface area contributed by atoms with E-state index in [0.29, 0.717) is 0 Å². The minimum atomic E-state index is -0.117. The maximum Gasteiger partial charge on any atom is 0.0540 e. The first-order valence-electron chi connectivity index (χ1n) is 15.6. The maximum atomic E-state index is 2.42. The lowest BCUT2D eigenvalue weighted by Crippen LogP contribution is -2.30. The van der Waals surface area contributed by atoms with E-state index in [-0.39, 0.29) is 5.41 Å². The summed E-state index contributed by atoms with van der Waals surface area (Å²) in [6.45, 7) is 4.68. The molecule has 1 heterocycles. The Balaban J connectivity index is 1.24. The van der Waals surface area contributed by atoms with Crippen LogP contribution < -0.4 is 9.80 Å². The van der Waals surface area contributed by atoms with Crippen LogP contribution in [0.2, 0.25) is 0 Å². The van der Waals surface area contributed by atoms with Gasteiger partial charge in [0.15, 0.2) is 0 Å². The number of hydrogen-bond donors (Lipinski definition) is 0. The topological polar surface area (TPSA) is 6.48 Å². The van der Waals surface area contributed by atoms with Crippen molar-refractivity contribution in [3.05, 3.63) is 181 Å². The first-order chi connectivity index (χ1) is 22.1. The fourth-order valence-electron chi connectivity index (χ4n) is 6.96. The summed E-state index contributed by atoms with van der Waals surface area (Å²) in [5, 5.41) is 2.46. The number of para-hydroxylation sites is 3. The number of rotatable bonds is 5. The molecule has 0 unspecified atom stereocenters. The molecule has 0 bridgehead atoms. The third-order valence-electron chi connectivity index (χ3n) is 9.23. The fraction of sp³-hybridized carbons (Fsp3) is 0.0698. The van der Waals surface area contributed by atoms with Crippen LogP contribution in [0, 0.1) is 0 Å². The molecule has 7 aromatic carbocycles. The first-order valence-corrected chi connectivity index (χ1v) is 15.6. The van der Waals surface area contributed by atoms with Gasteiger partial charge >= 0.3 is 0 Å². The Morgan fingerprint density at radius 1 is 0.467 bits per heavy atom. The van der Waals surface area contributed by atoms with Crippen molar-refractivity contribution < 1.29 is 0 Å². The summed E-state index contributed by atoms with van der Waals surface area (Å²) in [5.41, 5.74) is 12.0. The second-order valence-electron chi connectivity index (χ2n) is 12.3. The van der Waals surface area contributed by atoms with E-state index in [1.54, 1.807) is 0 Å². The van der Waals surface area contributed by atoms with E-state index >= 15 is 0 Å². The Bertz CT molecular complexity index is 2120. The van der Waals surface area contributed by atoms with Gasteiger partial charge in [-0.05, 0) is 82.2 Å². The zero-order chi connectivity index (χ0) is 30.4. The van der Waals surface area contributed by atoms with Crippen molar-refractivity contribution in [1.29, 1.82) is 0 Å². The van der Waals surface area contributed by atoms with Gasteiger partial charge in [-0.1, -0.05) is 129 Å². The Labute approximate surface area is 265 Å². The lowest BCUT2D eigenvalue weighted by atomic mass is 9.73. The van der Waals surface area contributed by atoms with Gasteiger partial charge in [0.25, 0.3) is 0 Å². The van der Waals surface area contributed by atoms with Crippen LogP contribution >= 0.6 is 0 Å². The molecule has 8 rings (SSSR count). The molecule has 0 aromatic heterocycles. The molecule has 0 N–H and O–H groups in total. The van der Waals surface area contributed by atoms with E-state index in [2.05, 4.69) is 194 Å². The van der Waals surface area contributed by atoms with E-state index in [1.807, 2.05) is 0 Å². The van der Waals surface area contributed by atoms with Crippen LogP contribution in [0.3, 0.4) is 0 Å². The summed E-state index contributed by atoms with van der Waals surface area (Å²) < 4.78 is 0. The standard InChI is InChI=1S/C43H34N2/c1-43(2)38-21-11-12-22-41(38)45(35-18-7-4-8-19-35)42-30-33(26-29-39(42)43)31-24-27-36(28-25-31)44(34-16-5-3-6-17-34)40-23-13-15-32-14-9-10-20-37(32)40/h3-30H,1-2H3. The van der Waals surface area contributed by atoms with E-state index in [4.69, 9.17) is 0 Å². The molecule has 7 aromatic rings. The molecule has 0 saturated heterocycles. The number of fused-ring (bicyclic) bond motifs is 3. The van der Waals surface area contributed by atoms with Gasteiger partial charge < -0.3 is 9.80 Å². The van der Waals surface area contributed by atoms with Crippen LogP contribution in [0.15, 0.2) is 170 Å². The predicted molar refractivity (Wildman–Crippen MR) is 191 cm³/mol. The van der Waals surface area contributed by atoms with Crippen molar-refractivity contribution in [2.24, 2.45) is 0 Å². The second kappa shape index (κ2) is 10.8. The molecule has 216 valence electrons. The SMILES string of the molecule is CC1(C)c2ccccc2N(c2ccccc2)c2cc(-c3ccc(N(c4ccccc4)c4cccc5ccccc45)cc3)ccc21. The molecule has 1 aliphatic rings. The zero-order valence-electron chi connectivity index (χ0n) is 25.6. The van der Waals surface area contributed by atoms with Crippen LogP contribution in [-0.4, -0.2) is 0 Å². The van der Waals surface area contributed by atoms with Crippen molar-refractivity contribution in [3.63, 3.8) is 0 Å². The van der Waals surface area contributed by atoms with Gasteiger partial charge in [0.1, 0.15) is 0 Å². The van der Waals surface area contributed by atoms with Gasteiger partial charge in [0, 0.05) is 27.9 Å². The Kier molecular flexibility index (Phi) is 6.50. The molecule has 1 aliphatic heterocycles. The van der Waals surface area contributed by atoms with Gasteiger partial charge in [-0.25, -0.2) is 0 Å². The zero-order valence-corrected chi connectivity index (χ0v) is 25.6. The number of benzene rings is 7. The average Bonchev–Trinajstić information content (AvgIpc) is 3.10. The van der Waals surface area contributed by atoms with Crippen molar-refractivity contribution in [1.82, 2.24) is 0 Å². The Hall–Kier alpha value is -5.60. The smallest absolute Gasteiger partial charge is 0.0540 e. The summed E-state index contributed by atoms with van der Waals surface area (Å²) in [4.78, 5) is 4.78. The highest BCUT2D eigenvalue weighted by molar-refractivity contribution is 5.99. The molecule has 0 atom stereocenters. The third kappa shape index (κ3) is 4.58. The molecule has 0 aliphatic carbocycles. The van der Waals surface area contributed by atoms with E-state index < -0.39 is 0 Å². The van der Waals surface area contributed by atoms with Gasteiger partial charge in [-0.2, -0.15) is 0 Å². The summed E-state index contributed by atoms with van der Waals surface area (Å²) in [6, 6.07) is 61.3. The molecular formula is C43H34N2. The molecule has 0 saturated carbocycles. The lowest BCUT2D eigenvalue weighted by Gasteiger charge is -2.42. The molecule has 0 radical (unpaired) electrons. The number of hydrogen-bond acceptors (Lipinski definition) is 2. The summed E-state index contributed by atoms with van der Waals surface area (Å²) in [6.07, 6.45) is 0. The minimum absolute atomic E-state index is 0.117. The van der Waals surface area contributed by atoms with E-state index in [1.165, 1.54) is 55.8 Å². The van der Waals surface area contributed by atoms with Gasteiger partial charge in [0.2, 0.25) is 0 Å². The molecule has 2 nitrogen and oxygen atoms in total.